The number of ether oxygens (including phenoxy) is 1. The molecule has 3 rings (SSSR count). The van der Waals surface area contributed by atoms with Gasteiger partial charge in [0.2, 0.25) is 11.6 Å². The van der Waals surface area contributed by atoms with Gasteiger partial charge < -0.3 is 15.4 Å². The Kier molecular flexibility index (Phi) is 6.25. The molecule has 0 aliphatic rings. The van der Waals surface area contributed by atoms with Gasteiger partial charge in [-0.25, -0.2) is 14.8 Å². The van der Waals surface area contributed by atoms with Gasteiger partial charge >= 0.3 is 11.7 Å². The maximum atomic E-state index is 11.9. The molecule has 148 valence electrons. The Morgan fingerprint density at radius 3 is 2.76 bits per heavy atom. The van der Waals surface area contributed by atoms with E-state index in [-0.39, 0.29) is 23.9 Å². The number of rotatable bonds is 8. The molecule has 0 aliphatic heterocycles. The Hall–Kier alpha value is -4.08. The summed E-state index contributed by atoms with van der Waals surface area (Å²) in [5, 5.41) is 17.5. The predicted octanol–water partition coefficient (Wildman–Crippen LogP) is 3.31. The number of nitro groups is 1. The standard InChI is InChI=1S/C19H18N6O4/c1-2-29-19(26)14-6-3-7-15(9-14)24-18-16(25(27)28)17(22-12-23-18)21-11-13-5-4-8-20-10-13/h3-10,12H,2,11H2,1H3,(H2,21,22,23,24). The Morgan fingerprint density at radius 2 is 2.03 bits per heavy atom. The van der Waals surface area contributed by atoms with Crippen LogP contribution in [0, 0.1) is 10.1 Å². The number of anilines is 3. The minimum absolute atomic E-state index is 0.000282. The van der Waals surface area contributed by atoms with Crippen LogP contribution in [0.5, 0.6) is 0 Å². The summed E-state index contributed by atoms with van der Waals surface area (Å²) < 4.78 is 4.97. The number of esters is 1. The first-order chi connectivity index (χ1) is 14.1. The molecule has 0 unspecified atom stereocenters. The van der Waals surface area contributed by atoms with Crippen LogP contribution in [0.3, 0.4) is 0 Å². The lowest BCUT2D eigenvalue weighted by atomic mass is 10.2. The van der Waals surface area contributed by atoms with Crippen molar-refractivity contribution in [2.24, 2.45) is 0 Å². The van der Waals surface area contributed by atoms with E-state index in [4.69, 9.17) is 4.74 Å². The fraction of sp³-hybridized carbons (Fsp3) is 0.158. The Balaban J connectivity index is 1.85. The molecular formula is C19H18N6O4. The lowest BCUT2D eigenvalue weighted by Gasteiger charge is -2.11. The minimum atomic E-state index is -0.566. The highest BCUT2D eigenvalue weighted by Gasteiger charge is 2.23. The highest BCUT2D eigenvalue weighted by molar-refractivity contribution is 5.91. The number of benzene rings is 1. The van der Waals surface area contributed by atoms with Crippen LogP contribution in [0.4, 0.5) is 23.0 Å². The zero-order valence-corrected chi connectivity index (χ0v) is 15.5. The number of hydrogen-bond donors (Lipinski definition) is 2. The van der Waals surface area contributed by atoms with Gasteiger partial charge in [0, 0.05) is 24.6 Å². The summed E-state index contributed by atoms with van der Waals surface area (Å²) in [5.41, 5.74) is 1.31. The molecule has 0 radical (unpaired) electrons. The quantitative estimate of drug-likeness (QED) is 0.335. The summed E-state index contributed by atoms with van der Waals surface area (Å²) in [7, 11) is 0. The first-order valence-corrected chi connectivity index (χ1v) is 8.75. The van der Waals surface area contributed by atoms with Crippen LogP contribution in [0.15, 0.2) is 55.1 Å². The van der Waals surface area contributed by atoms with Gasteiger partial charge in [0.15, 0.2) is 0 Å². The molecule has 3 aromatic rings. The zero-order chi connectivity index (χ0) is 20.6. The SMILES string of the molecule is CCOC(=O)c1cccc(Nc2ncnc(NCc3cccnc3)c2[N+](=O)[O-])c1. The van der Waals surface area contributed by atoms with Gasteiger partial charge in [0.05, 0.1) is 17.1 Å². The second-order valence-electron chi connectivity index (χ2n) is 5.82. The van der Waals surface area contributed by atoms with Crippen LogP contribution >= 0.6 is 0 Å². The molecule has 10 nitrogen and oxygen atoms in total. The third-order valence-electron chi connectivity index (χ3n) is 3.82. The van der Waals surface area contributed by atoms with Crippen molar-refractivity contribution in [1.29, 1.82) is 0 Å². The van der Waals surface area contributed by atoms with Gasteiger partial charge in [0.25, 0.3) is 0 Å². The largest absolute Gasteiger partial charge is 0.462 e. The van der Waals surface area contributed by atoms with Crippen molar-refractivity contribution in [1.82, 2.24) is 15.0 Å². The highest BCUT2D eigenvalue weighted by Crippen LogP contribution is 2.31. The molecule has 2 heterocycles. The van der Waals surface area contributed by atoms with Crippen molar-refractivity contribution in [2.75, 3.05) is 17.2 Å². The fourth-order valence-electron chi connectivity index (χ4n) is 2.54. The van der Waals surface area contributed by atoms with E-state index in [1.54, 1.807) is 43.6 Å². The Labute approximate surface area is 166 Å². The first kappa shape index (κ1) is 19.7. The van der Waals surface area contributed by atoms with Crippen molar-refractivity contribution in [2.45, 2.75) is 13.5 Å². The minimum Gasteiger partial charge on any atom is -0.462 e. The van der Waals surface area contributed by atoms with E-state index >= 15 is 0 Å². The van der Waals surface area contributed by atoms with Crippen LogP contribution in [0.25, 0.3) is 0 Å². The maximum absolute atomic E-state index is 11.9. The van der Waals surface area contributed by atoms with Gasteiger partial charge in [-0.05, 0) is 36.8 Å². The molecule has 2 aromatic heterocycles. The number of hydrogen-bond acceptors (Lipinski definition) is 9. The van der Waals surface area contributed by atoms with Crippen LogP contribution < -0.4 is 10.6 Å². The molecule has 0 fully saturated rings. The average molecular weight is 394 g/mol. The number of carbonyl (C=O) groups excluding carboxylic acids is 1. The summed E-state index contributed by atoms with van der Waals surface area (Å²) in [4.78, 5) is 35.0. The molecule has 0 saturated heterocycles. The molecule has 2 N–H and O–H groups in total. The summed E-state index contributed by atoms with van der Waals surface area (Å²) in [6.07, 6.45) is 4.51. The number of aromatic nitrogens is 3. The highest BCUT2D eigenvalue weighted by atomic mass is 16.6. The van der Waals surface area contributed by atoms with Gasteiger partial charge in [-0.15, -0.1) is 0 Å². The van der Waals surface area contributed by atoms with Crippen molar-refractivity contribution < 1.29 is 14.5 Å². The third-order valence-corrected chi connectivity index (χ3v) is 3.82. The van der Waals surface area contributed by atoms with Crippen molar-refractivity contribution in [3.8, 4) is 0 Å². The first-order valence-electron chi connectivity index (χ1n) is 8.75. The van der Waals surface area contributed by atoms with E-state index in [2.05, 4.69) is 25.6 Å². The Morgan fingerprint density at radius 1 is 1.21 bits per heavy atom. The summed E-state index contributed by atoms with van der Waals surface area (Å²) in [6.45, 7) is 2.27. The zero-order valence-electron chi connectivity index (χ0n) is 15.5. The van der Waals surface area contributed by atoms with E-state index in [0.717, 1.165) is 5.56 Å². The van der Waals surface area contributed by atoms with Crippen LogP contribution in [0.1, 0.15) is 22.8 Å². The molecule has 10 heteroatoms. The molecule has 1 aromatic carbocycles. The molecule has 29 heavy (non-hydrogen) atoms. The number of nitrogens with zero attached hydrogens (tertiary/aromatic N) is 4. The lowest BCUT2D eigenvalue weighted by Crippen LogP contribution is -2.09. The van der Waals surface area contributed by atoms with E-state index < -0.39 is 10.9 Å². The predicted molar refractivity (Wildman–Crippen MR) is 106 cm³/mol. The maximum Gasteiger partial charge on any atom is 0.353 e. The van der Waals surface area contributed by atoms with Gasteiger partial charge in [-0.3, -0.25) is 15.1 Å². The lowest BCUT2D eigenvalue weighted by molar-refractivity contribution is -0.383. The fourth-order valence-corrected chi connectivity index (χ4v) is 2.54. The molecule has 0 aliphatic carbocycles. The molecule has 0 saturated carbocycles. The van der Waals surface area contributed by atoms with E-state index in [1.165, 1.54) is 12.4 Å². The van der Waals surface area contributed by atoms with E-state index in [0.29, 0.717) is 17.8 Å². The van der Waals surface area contributed by atoms with Crippen LogP contribution in [-0.2, 0) is 11.3 Å². The van der Waals surface area contributed by atoms with Crippen molar-refractivity contribution >= 4 is 29.0 Å². The monoisotopic (exact) mass is 394 g/mol. The normalized spacial score (nSPS) is 10.2. The summed E-state index contributed by atoms with van der Waals surface area (Å²) in [6, 6.07) is 10.0. The van der Waals surface area contributed by atoms with E-state index in [9.17, 15) is 14.9 Å². The topological polar surface area (TPSA) is 132 Å². The second kappa shape index (κ2) is 9.22. The molecule has 0 spiro atoms. The smallest absolute Gasteiger partial charge is 0.353 e. The van der Waals surface area contributed by atoms with E-state index in [1.807, 2.05) is 6.07 Å². The van der Waals surface area contributed by atoms with Crippen LogP contribution in [0.2, 0.25) is 0 Å². The summed E-state index contributed by atoms with van der Waals surface area (Å²) >= 11 is 0. The second-order valence-corrected chi connectivity index (χ2v) is 5.82. The van der Waals surface area contributed by atoms with Gasteiger partial charge in [-0.1, -0.05) is 12.1 Å². The average Bonchev–Trinajstić information content (AvgIpc) is 2.73. The summed E-state index contributed by atoms with van der Waals surface area (Å²) in [5.74, 6) is -0.412. The van der Waals surface area contributed by atoms with Crippen molar-refractivity contribution in [3.63, 3.8) is 0 Å². The van der Waals surface area contributed by atoms with Crippen LogP contribution in [-0.4, -0.2) is 32.5 Å². The third kappa shape index (κ3) is 5.01. The van der Waals surface area contributed by atoms with Gasteiger partial charge in [0.1, 0.15) is 6.33 Å². The molecule has 0 atom stereocenters. The van der Waals surface area contributed by atoms with Gasteiger partial charge in [-0.2, -0.15) is 0 Å². The Bertz CT molecular complexity index is 1010. The number of nitrogens with one attached hydrogen (secondary N) is 2. The molecular weight excluding hydrogens is 376 g/mol. The number of carbonyl (C=O) groups is 1. The molecule has 0 bridgehead atoms. The molecule has 0 amide bonds. The number of pyridine rings is 1. The van der Waals surface area contributed by atoms with Crippen molar-refractivity contribution in [3.05, 3.63) is 76.4 Å².